The Morgan fingerprint density at radius 3 is 1.87 bits per heavy atom. The molecule has 7 N–H and O–H groups in total. The minimum atomic E-state index is 0.179. The molecule has 4 fully saturated rings. The van der Waals surface area contributed by atoms with E-state index < -0.39 is 0 Å². The molecule has 2 unspecified atom stereocenters. The first-order valence-electron chi connectivity index (χ1n) is 24.0. The lowest BCUT2D eigenvalue weighted by molar-refractivity contribution is -0.227. The van der Waals surface area contributed by atoms with E-state index in [0.29, 0.717) is 78.9 Å². The second kappa shape index (κ2) is 25.3. The van der Waals surface area contributed by atoms with Crippen molar-refractivity contribution in [2.24, 2.45) is 63.5 Å². The molecule has 0 amide bonds. The fourth-order valence-corrected chi connectivity index (χ4v) is 12.6. The fourth-order valence-electron chi connectivity index (χ4n) is 12.6. The lowest BCUT2D eigenvalue weighted by atomic mass is 9.43. The van der Waals surface area contributed by atoms with Gasteiger partial charge < -0.3 is 36.7 Å². The zero-order chi connectivity index (χ0) is 38.7. The molecule has 54 heavy (non-hydrogen) atoms. The van der Waals surface area contributed by atoms with Crippen molar-refractivity contribution in [2.75, 3.05) is 52.5 Å². The first-order valence-corrected chi connectivity index (χ1v) is 24.0. The molecule has 11 atom stereocenters. The molecule has 0 heterocycles. The summed E-state index contributed by atoms with van der Waals surface area (Å²) in [5, 5.41) is 3.81. The van der Waals surface area contributed by atoms with Crippen molar-refractivity contribution in [3.8, 4) is 0 Å². The largest absolute Gasteiger partial charge is 0.378 e. The Morgan fingerprint density at radius 1 is 0.630 bits per heavy atom. The Labute approximate surface area is 334 Å². The van der Waals surface area contributed by atoms with Crippen LogP contribution in [0.2, 0.25) is 0 Å². The average Bonchev–Trinajstić information content (AvgIpc) is 3.53. The van der Waals surface area contributed by atoms with Crippen molar-refractivity contribution < 1.29 is 14.2 Å². The maximum Gasteiger partial charge on any atom is 0.0637 e. The van der Waals surface area contributed by atoms with Crippen LogP contribution in [0.15, 0.2) is 0 Å². The summed E-state index contributed by atoms with van der Waals surface area (Å²) in [5.74, 6) is 3.91. The van der Waals surface area contributed by atoms with E-state index in [0.717, 1.165) is 52.0 Å². The summed E-state index contributed by atoms with van der Waals surface area (Å²) < 4.78 is 20.4. The van der Waals surface area contributed by atoms with Gasteiger partial charge in [-0.25, -0.2) is 0 Å². The molecule has 0 bridgehead atoms. The SMILES string of the molecule is CCCCCCCCCCCCCCNCCC[C@@H](C)[C@H]1CC[C@H]2C3[C@H](OCCCN)CC4C[C@H](OCCCN)CC[C@]4(C)[C@H]3C[C@H](OCCCN)[C@]12C. The van der Waals surface area contributed by atoms with Crippen LogP contribution in [-0.2, 0) is 14.2 Å². The molecule has 7 heteroatoms. The molecule has 4 rings (SSSR count). The quantitative estimate of drug-likeness (QED) is 0.0539. The van der Waals surface area contributed by atoms with Gasteiger partial charge in [0.05, 0.1) is 18.3 Å². The van der Waals surface area contributed by atoms with Crippen LogP contribution in [0.25, 0.3) is 0 Å². The number of ether oxygens (including phenoxy) is 3. The molecule has 0 aliphatic heterocycles. The second-order valence-electron chi connectivity index (χ2n) is 19.2. The molecule has 0 aromatic heterocycles. The number of rotatable bonds is 30. The summed E-state index contributed by atoms with van der Waals surface area (Å²) in [6.07, 6.45) is 32.0. The molecule has 0 saturated heterocycles. The smallest absolute Gasteiger partial charge is 0.0637 e. The summed E-state index contributed by atoms with van der Waals surface area (Å²) >= 11 is 0. The Morgan fingerprint density at radius 2 is 1.22 bits per heavy atom. The van der Waals surface area contributed by atoms with Gasteiger partial charge >= 0.3 is 0 Å². The molecule has 4 aliphatic carbocycles. The van der Waals surface area contributed by atoms with E-state index in [-0.39, 0.29) is 5.41 Å². The summed E-state index contributed by atoms with van der Waals surface area (Å²) in [6, 6.07) is 0. The van der Waals surface area contributed by atoms with Gasteiger partial charge in [0, 0.05) is 25.2 Å². The summed E-state index contributed by atoms with van der Waals surface area (Å²) in [4.78, 5) is 0. The highest BCUT2D eigenvalue weighted by Gasteiger charge is 2.66. The van der Waals surface area contributed by atoms with Crippen LogP contribution in [0.4, 0.5) is 0 Å². The van der Waals surface area contributed by atoms with Gasteiger partial charge in [-0.2, -0.15) is 0 Å². The molecule has 4 aliphatic rings. The third-order valence-electron chi connectivity index (χ3n) is 15.7. The lowest BCUT2D eigenvalue weighted by Crippen LogP contribution is -2.63. The number of hydrogen-bond donors (Lipinski definition) is 4. The van der Waals surface area contributed by atoms with Crippen LogP contribution < -0.4 is 22.5 Å². The molecular formula is C47H92N4O3. The van der Waals surface area contributed by atoms with Gasteiger partial charge in [-0.15, -0.1) is 0 Å². The van der Waals surface area contributed by atoms with E-state index in [4.69, 9.17) is 31.4 Å². The predicted molar refractivity (Wildman–Crippen MR) is 229 cm³/mol. The van der Waals surface area contributed by atoms with Gasteiger partial charge in [0.25, 0.3) is 0 Å². The Balaban J connectivity index is 1.31. The van der Waals surface area contributed by atoms with Gasteiger partial charge in [0.2, 0.25) is 0 Å². The van der Waals surface area contributed by atoms with Crippen LogP contribution in [0.1, 0.15) is 182 Å². The highest BCUT2D eigenvalue weighted by Crippen LogP contribution is 2.69. The topological polar surface area (TPSA) is 118 Å². The molecular weight excluding hydrogens is 669 g/mol. The second-order valence-corrected chi connectivity index (χ2v) is 19.2. The van der Waals surface area contributed by atoms with E-state index >= 15 is 0 Å². The van der Waals surface area contributed by atoms with Gasteiger partial charge in [-0.05, 0) is 157 Å². The zero-order valence-electron chi connectivity index (χ0n) is 36.3. The highest BCUT2D eigenvalue weighted by atomic mass is 16.5. The van der Waals surface area contributed by atoms with Crippen molar-refractivity contribution in [1.29, 1.82) is 0 Å². The zero-order valence-corrected chi connectivity index (χ0v) is 36.3. The fraction of sp³-hybridized carbons (Fsp3) is 1.00. The van der Waals surface area contributed by atoms with Crippen molar-refractivity contribution >= 4 is 0 Å². The third kappa shape index (κ3) is 12.9. The van der Waals surface area contributed by atoms with Crippen molar-refractivity contribution in [3.05, 3.63) is 0 Å². The predicted octanol–water partition coefficient (Wildman–Crippen LogP) is 9.77. The van der Waals surface area contributed by atoms with Crippen molar-refractivity contribution in [3.63, 3.8) is 0 Å². The minimum Gasteiger partial charge on any atom is -0.378 e. The van der Waals surface area contributed by atoms with E-state index in [1.165, 1.54) is 135 Å². The summed E-state index contributed by atoms with van der Waals surface area (Å²) in [5.41, 5.74) is 18.3. The van der Waals surface area contributed by atoms with E-state index in [2.05, 4.69) is 33.0 Å². The number of unbranched alkanes of at least 4 members (excludes halogenated alkanes) is 11. The number of fused-ring (bicyclic) bond motifs is 5. The number of nitrogens with two attached hydrogens (primary N) is 3. The maximum absolute atomic E-state index is 7.06. The molecule has 4 saturated carbocycles. The van der Waals surface area contributed by atoms with Crippen LogP contribution in [0.5, 0.6) is 0 Å². The molecule has 0 aromatic carbocycles. The normalized spacial score (nSPS) is 34.1. The molecule has 318 valence electrons. The summed E-state index contributed by atoms with van der Waals surface area (Å²) in [7, 11) is 0. The minimum absolute atomic E-state index is 0.179. The number of hydrogen-bond acceptors (Lipinski definition) is 7. The van der Waals surface area contributed by atoms with Gasteiger partial charge in [0.15, 0.2) is 0 Å². The van der Waals surface area contributed by atoms with Crippen LogP contribution in [0, 0.1) is 46.3 Å². The molecule has 0 aromatic rings. The van der Waals surface area contributed by atoms with Gasteiger partial charge in [0.1, 0.15) is 0 Å². The molecule has 0 spiro atoms. The molecule has 7 nitrogen and oxygen atoms in total. The average molecular weight is 761 g/mol. The Bertz CT molecular complexity index is 971. The number of nitrogens with one attached hydrogen (secondary N) is 1. The molecule has 0 radical (unpaired) electrons. The van der Waals surface area contributed by atoms with E-state index in [1.54, 1.807) is 0 Å². The van der Waals surface area contributed by atoms with Gasteiger partial charge in [-0.1, -0.05) is 98.3 Å². The third-order valence-corrected chi connectivity index (χ3v) is 15.7. The van der Waals surface area contributed by atoms with E-state index in [1.807, 2.05) is 0 Å². The highest BCUT2D eigenvalue weighted by molar-refractivity contribution is 5.15. The van der Waals surface area contributed by atoms with Crippen LogP contribution in [-0.4, -0.2) is 70.9 Å². The first kappa shape index (κ1) is 46.4. The Kier molecular flexibility index (Phi) is 21.7. The van der Waals surface area contributed by atoms with Gasteiger partial charge in [-0.3, -0.25) is 0 Å². The standard InChI is InChI=1S/C47H92N4O3/c1-5-6-7-8-9-10-11-12-13-14-15-16-29-51-30-17-21-37(2)40-22-23-41-45-42(36-44(47(40,41)4)54-33-20-28-50)46(3)25-24-39(52-31-18-26-48)34-38(46)35-43(45)53-32-19-27-49/h37-45,51H,5-36,48-50H2,1-4H3/t37-,38?,39-,40-,41+,42+,43-,44+,45?,46+,47-/m1/s1. The first-order chi connectivity index (χ1) is 26.3. The van der Waals surface area contributed by atoms with Crippen LogP contribution >= 0.6 is 0 Å². The maximum atomic E-state index is 7.06. The monoisotopic (exact) mass is 761 g/mol. The lowest BCUT2D eigenvalue weighted by Gasteiger charge is -2.65. The van der Waals surface area contributed by atoms with E-state index in [9.17, 15) is 0 Å². The van der Waals surface area contributed by atoms with Crippen molar-refractivity contribution in [1.82, 2.24) is 5.32 Å². The Hall–Kier alpha value is -0.280. The summed E-state index contributed by atoms with van der Waals surface area (Å²) in [6.45, 7) is 17.0. The van der Waals surface area contributed by atoms with Crippen molar-refractivity contribution in [2.45, 2.75) is 200 Å². The van der Waals surface area contributed by atoms with Crippen LogP contribution in [0.3, 0.4) is 0 Å².